The highest BCUT2D eigenvalue weighted by Gasteiger charge is 2.28. The molecule has 2 atom stereocenters. The van der Waals surface area contributed by atoms with Crippen molar-refractivity contribution in [3.8, 4) is 0 Å². The number of carbonyl (C=O) groups is 1. The predicted octanol–water partition coefficient (Wildman–Crippen LogP) is 1.25. The molecule has 2 unspecified atom stereocenters. The lowest BCUT2D eigenvalue weighted by atomic mass is 10.0. The Balaban J connectivity index is 2.43. The molecule has 0 aromatic rings. The van der Waals surface area contributed by atoms with Gasteiger partial charge in [0.25, 0.3) is 0 Å². The zero-order valence-electron chi connectivity index (χ0n) is 7.18. The first kappa shape index (κ1) is 8.37. The largest absolute Gasteiger partial charge is 0.333 e. The second-order valence-corrected chi connectivity index (χ2v) is 3.03. The molecule has 0 bridgehead atoms. The molecule has 3 heteroatoms. The SMILES string of the molecule is CCCC1NC(=O)NC1CC. The van der Waals surface area contributed by atoms with Gasteiger partial charge in [-0.3, -0.25) is 0 Å². The molecule has 1 aliphatic heterocycles. The van der Waals surface area contributed by atoms with Crippen molar-refractivity contribution in [3.05, 3.63) is 0 Å². The number of carbonyl (C=O) groups excluding carboxylic acids is 1. The van der Waals surface area contributed by atoms with Crippen molar-refractivity contribution >= 4 is 6.03 Å². The molecule has 0 radical (unpaired) electrons. The van der Waals surface area contributed by atoms with Gasteiger partial charge in [0.1, 0.15) is 0 Å². The average Bonchev–Trinajstić information content (AvgIpc) is 2.32. The van der Waals surface area contributed by atoms with E-state index in [1.54, 1.807) is 0 Å². The van der Waals surface area contributed by atoms with Gasteiger partial charge in [-0.2, -0.15) is 0 Å². The predicted molar refractivity (Wildman–Crippen MR) is 44.4 cm³/mol. The number of amides is 2. The van der Waals surface area contributed by atoms with Gasteiger partial charge in [-0.15, -0.1) is 0 Å². The second-order valence-electron chi connectivity index (χ2n) is 3.03. The van der Waals surface area contributed by atoms with E-state index < -0.39 is 0 Å². The van der Waals surface area contributed by atoms with Crippen LogP contribution in [-0.2, 0) is 0 Å². The number of urea groups is 1. The topological polar surface area (TPSA) is 41.1 Å². The van der Waals surface area contributed by atoms with Crippen molar-refractivity contribution in [1.29, 1.82) is 0 Å². The Morgan fingerprint density at radius 3 is 2.45 bits per heavy atom. The fourth-order valence-electron chi connectivity index (χ4n) is 1.55. The number of rotatable bonds is 3. The first-order valence-electron chi connectivity index (χ1n) is 4.35. The molecule has 11 heavy (non-hydrogen) atoms. The van der Waals surface area contributed by atoms with Crippen molar-refractivity contribution in [2.24, 2.45) is 0 Å². The molecule has 64 valence electrons. The molecule has 0 spiro atoms. The van der Waals surface area contributed by atoms with E-state index in [9.17, 15) is 4.79 Å². The minimum atomic E-state index is -0.00435. The number of hydrogen-bond donors (Lipinski definition) is 2. The van der Waals surface area contributed by atoms with Crippen LogP contribution in [0, 0.1) is 0 Å². The van der Waals surface area contributed by atoms with Crippen LogP contribution >= 0.6 is 0 Å². The van der Waals surface area contributed by atoms with Crippen LogP contribution in [0.5, 0.6) is 0 Å². The summed E-state index contributed by atoms with van der Waals surface area (Å²) in [5.74, 6) is 0. The summed E-state index contributed by atoms with van der Waals surface area (Å²) in [6.45, 7) is 4.23. The highest BCUT2D eigenvalue weighted by molar-refractivity contribution is 5.77. The highest BCUT2D eigenvalue weighted by Crippen LogP contribution is 2.10. The maximum Gasteiger partial charge on any atom is 0.315 e. The van der Waals surface area contributed by atoms with Gasteiger partial charge < -0.3 is 10.6 Å². The summed E-state index contributed by atoms with van der Waals surface area (Å²) in [6.07, 6.45) is 3.23. The van der Waals surface area contributed by atoms with Gasteiger partial charge in [-0.25, -0.2) is 4.79 Å². The van der Waals surface area contributed by atoms with Crippen molar-refractivity contribution in [1.82, 2.24) is 10.6 Å². The van der Waals surface area contributed by atoms with Gasteiger partial charge in [0.15, 0.2) is 0 Å². The number of nitrogens with one attached hydrogen (secondary N) is 2. The molecular formula is C8H16N2O. The smallest absolute Gasteiger partial charge is 0.315 e. The summed E-state index contributed by atoms with van der Waals surface area (Å²) in [6, 6.07) is 0.704. The van der Waals surface area contributed by atoms with Crippen LogP contribution in [0.15, 0.2) is 0 Å². The van der Waals surface area contributed by atoms with Crippen molar-refractivity contribution in [2.75, 3.05) is 0 Å². The van der Waals surface area contributed by atoms with E-state index in [2.05, 4.69) is 24.5 Å². The van der Waals surface area contributed by atoms with Gasteiger partial charge in [0.2, 0.25) is 0 Å². The zero-order chi connectivity index (χ0) is 8.27. The minimum absolute atomic E-state index is 0.00435. The molecule has 1 rings (SSSR count). The molecule has 0 aromatic carbocycles. The van der Waals surface area contributed by atoms with Crippen molar-refractivity contribution in [3.63, 3.8) is 0 Å². The average molecular weight is 156 g/mol. The van der Waals surface area contributed by atoms with Crippen LogP contribution in [0.3, 0.4) is 0 Å². The first-order valence-corrected chi connectivity index (χ1v) is 4.35. The lowest BCUT2D eigenvalue weighted by Gasteiger charge is -2.14. The minimum Gasteiger partial charge on any atom is -0.333 e. The van der Waals surface area contributed by atoms with Crippen LogP contribution in [0.4, 0.5) is 4.79 Å². The molecule has 0 saturated carbocycles. The molecule has 2 amide bonds. The van der Waals surface area contributed by atoms with Crippen LogP contribution in [0.25, 0.3) is 0 Å². The molecule has 3 nitrogen and oxygen atoms in total. The van der Waals surface area contributed by atoms with Crippen LogP contribution < -0.4 is 10.6 Å². The van der Waals surface area contributed by atoms with E-state index in [-0.39, 0.29) is 6.03 Å². The third-order valence-corrected chi connectivity index (χ3v) is 2.16. The molecule has 0 aromatic heterocycles. The Hall–Kier alpha value is -0.730. The maximum atomic E-state index is 10.9. The third kappa shape index (κ3) is 1.85. The second kappa shape index (κ2) is 3.60. The monoisotopic (exact) mass is 156 g/mol. The quantitative estimate of drug-likeness (QED) is 0.634. The third-order valence-electron chi connectivity index (χ3n) is 2.16. The van der Waals surface area contributed by atoms with Crippen LogP contribution in [-0.4, -0.2) is 18.1 Å². The van der Waals surface area contributed by atoms with Gasteiger partial charge >= 0.3 is 6.03 Å². The lowest BCUT2D eigenvalue weighted by molar-refractivity contribution is 0.246. The summed E-state index contributed by atoms with van der Waals surface area (Å²) < 4.78 is 0. The fourth-order valence-corrected chi connectivity index (χ4v) is 1.55. The summed E-state index contributed by atoms with van der Waals surface area (Å²) in [7, 11) is 0. The lowest BCUT2D eigenvalue weighted by Crippen LogP contribution is -2.32. The zero-order valence-corrected chi connectivity index (χ0v) is 7.18. The van der Waals surface area contributed by atoms with Crippen molar-refractivity contribution < 1.29 is 4.79 Å². The van der Waals surface area contributed by atoms with Crippen LogP contribution in [0.1, 0.15) is 33.1 Å². The summed E-state index contributed by atoms with van der Waals surface area (Å²) >= 11 is 0. The Kier molecular flexibility index (Phi) is 2.74. The Bertz CT molecular complexity index is 147. The van der Waals surface area contributed by atoms with Gasteiger partial charge in [-0.1, -0.05) is 20.3 Å². The van der Waals surface area contributed by atoms with Gasteiger partial charge in [0, 0.05) is 0 Å². The van der Waals surface area contributed by atoms with E-state index in [4.69, 9.17) is 0 Å². The van der Waals surface area contributed by atoms with E-state index in [0.717, 1.165) is 19.3 Å². The Morgan fingerprint density at radius 1 is 1.27 bits per heavy atom. The first-order chi connectivity index (χ1) is 5.27. The van der Waals surface area contributed by atoms with E-state index in [1.807, 2.05) is 0 Å². The molecule has 1 saturated heterocycles. The Labute approximate surface area is 67.5 Å². The molecule has 1 fully saturated rings. The molecular weight excluding hydrogens is 140 g/mol. The molecule has 2 N–H and O–H groups in total. The Morgan fingerprint density at radius 2 is 1.91 bits per heavy atom. The van der Waals surface area contributed by atoms with E-state index in [1.165, 1.54) is 0 Å². The summed E-state index contributed by atoms with van der Waals surface area (Å²) in [5.41, 5.74) is 0. The molecule has 1 aliphatic rings. The summed E-state index contributed by atoms with van der Waals surface area (Å²) in [4.78, 5) is 10.9. The van der Waals surface area contributed by atoms with Gasteiger partial charge in [0.05, 0.1) is 12.1 Å². The number of hydrogen-bond acceptors (Lipinski definition) is 1. The normalized spacial score (nSPS) is 29.8. The maximum absolute atomic E-state index is 10.9. The van der Waals surface area contributed by atoms with Crippen molar-refractivity contribution in [2.45, 2.75) is 45.2 Å². The standard InChI is InChI=1S/C8H16N2O/c1-3-5-7-6(4-2)9-8(11)10-7/h6-7H,3-5H2,1-2H3,(H2,9,10,11). The molecule has 0 aliphatic carbocycles. The highest BCUT2D eigenvalue weighted by atomic mass is 16.2. The fraction of sp³-hybridized carbons (Fsp3) is 0.875. The van der Waals surface area contributed by atoms with E-state index >= 15 is 0 Å². The van der Waals surface area contributed by atoms with E-state index in [0.29, 0.717) is 12.1 Å². The summed E-state index contributed by atoms with van der Waals surface area (Å²) in [5, 5.41) is 5.79. The van der Waals surface area contributed by atoms with Crippen LogP contribution in [0.2, 0.25) is 0 Å². The van der Waals surface area contributed by atoms with Gasteiger partial charge in [-0.05, 0) is 12.8 Å². The molecule has 1 heterocycles.